The molecule has 3 heterocycles. The number of fused-ring (bicyclic) bond motifs is 3. The van der Waals surface area contributed by atoms with Crippen LogP contribution in [-0.2, 0) is 0 Å². The van der Waals surface area contributed by atoms with Gasteiger partial charge in [0, 0.05) is 31.2 Å². The van der Waals surface area contributed by atoms with Gasteiger partial charge in [-0.25, -0.2) is 4.98 Å². The first-order chi connectivity index (χ1) is 8.20. The minimum Gasteiger partial charge on any atom is -0.363 e. The highest BCUT2D eigenvalue weighted by Gasteiger charge is 2.29. The number of halogens is 1. The summed E-state index contributed by atoms with van der Waals surface area (Å²) < 4.78 is 0. The largest absolute Gasteiger partial charge is 0.363 e. The van der Waals surface area contributed by atoms with E-state index in [0.29, 0.717) is 5.15 Å². The molecule has 0 fully saturated rings. The Kier molecular flexibility index (Phi) is 2.26. The Morgan fingerprint density at radius 3 is 2.76 bits per heavy atom. The maximum absolute atomic E-state index is 6.17. The molecule has 2 aromatic heterocycles. The third-order valence-electron chi connectivity index (χ3n) is 3.19. The van der Waals surface area contributed by atoms with Gasteiger partial charge in [-0.05, 0) is 13.0 Å². The fourth-order valence-electron chi connectivity index (χ4n) is 2.19. The van der Waals surface area contributed by atoms with Crippen LogP contribution in [0.2, 0.25) is 5.15 Å². The van der Waals surface area contributed by atoms with Gasteiger partial charge in [-0.15, -0.1) is 0 Å². The van der Waals surface area contributed by atoms with E-state index >= 15 is 0 Å². The lowest BCUT2D eigenvalue weighted by molar-refractivity contribution is 0.699. The molecule has 0 aliphatic carbocycles. The monoisotopic (exact) mass is 246 g/mol. The van der Waals surface area contributed by atoms with Crippen molar-refractivity contribution in [2.75, 3.05) is 11.9 Å². The van der Waals surface area contributed by atoms with Crippen LogP contribution in [-0.4, -0.2) is 22.0 Å². The van der Waals surface area contributed by atoms with E-state index < -0.39 is 0 Å². The zero-order chi connectivity index (χ0) is 12.0. The van der Waals surface area contributed by atoms with Gasteiger partial charge in [-0.1, -0.05) is 11.6 Å². The van der Waals surface area contributed by atoms with Crippen molar-refractivity contribution in [3.05, 3.63) is 35.5 Å². The summed E-state index contributed by atoms with van der Waals surface area (Å²) in [6.45, 7) is 2.08. The van der Waals surface area contributed by atoms with E-state index in [1.165, 1.54) is 0 Å². The van der Waals surface area contributed by atoms with Crippen molar-refractivity contribution >= 4 is 17.3 Å². The highest BCUT2D eigenvalue weighted by Crippen LogP contribution is 2.44. The molecule has 1 unspecified atom stereocenters. The zero-order valence-electron chi connectivity index (χ0n) is 9.55. The average Bonchev–Trinajstić information content (AvgIpc) is 2.36. The van der Waals surface area contributed by atoms with Crippen molar-refractivity contribution in [3.63, 3.8) is 0 Å². The fraction of sp³-hybridized carbons (Fsp3) is 0.250. The Labute approximate surface area is 104 Å². The van der Waals surface area contributed by atoms with Gasteiger partial charge in [0.1, 0.15) is 0 Å². The maximum atomic E-state index is 6.17. The summed E-state index contributed by atoms with van der Waals surface area (Å²) in [4.78, 5) is 15.0. The first kappa shape index (κ1) is 10.5. The minimum absolute atomic E-state index is 0.146. The summed E-state index contributed by atoms with van der Waals surface area (Å²) in [5, 5.41) is 0.508. The second kappa shape index (κ2) is 3.67. The van der Waals surface area contributed by atoms with Crippen LogP contribution in [0.1, 0.15) is 18.7 Å². The Hall–Kier alpha value is -1.68. The zero-order valence-corrected chi connectivity index (χ0v) is 10.3. The van der Waals surface area contributed by atoms with Gasteiger partial charge >= 0.3 is 0 Å². The number of rotatable bonds is 0. The molecular formula is C12H11ClN4. The van der Waals surface area contributed by atoms with E-state index in [2.05, 4.69) is 26.8 Å². The van der Waals surface area contributed by atoms with Crippen LogP contribution in [0.3, 0.4) is 0 Å². The molecule has 1 aliphatic heterocycles. The number of anilines is 1. The smallest absolute Gasteiger partial charge is 0.152 e. The maximum Gasteiger partial charge on any atom is 0.152 e. The SMILES string of the molecule is CC1c2nccnc2-c2ccnc(Cl)c2N1C. The lowest BCUT2D eigenvalue weighted by Gasteiger charge is -2.34. The summed E-state index contributed by atoms with van der Waals surface area (Å²) in [6.07, 6.45) is 5.12. The molecule has 0 aromatic carbocycles. The van der Waals surface area contributed by atoms with Crippen LogP contribution in [0, 0.1) is 0 Å². The quantitative estimate of drug-likeness (QED) is 0.671. The first-order valence-corrected chi connectivity index (χ1v) is 5.76. The summed E-state index contributed by atoms with van der Waals surface area (Å²) in [6, 6.07) is 2.07. The number of aromatic nitrogens is 3. The first-order valence-electron chi connectivity index (χ1n) is 5.38. The van der Waals surface area contributed by atoms with Crippen molar-refractivity contribution < 1.29 is 0 Å². The summed E-state index contributed by atoms with van der Waals surface area (Å²) in [5.41, 5.74) is 3.80. The molecule has 0 spiro atoms. The number of hydrogen-bond acceptors (Lipinski definition) is 4. The molecular weight excluding hydrogens is 236 g/mol. The molecule has 0 saturated heterocycles. The Bertz CT molecular complexity index is 584. The van der Waals surface area contributed by atoms with E-state index in [4.69, 9.17) is 11.6 Å². The molecule has 0 saturated carbocycles. The van der Waals surface area contributed by atoms with Crippen LogP contribution < -0.4 is 4.90 Å². The van der Waals surface area contributed by atoms with Crippen LogP contribution >= 0.6 is 11.6 Å². The highest BCUT2D eigenvalue weighted by atomic mass is 35.5. The molecule has 5 heteroatoms. The molecule has 1 aliphatic rings. The summed E-state index contributed by atoms with van der Waals surface area (Å²) in [5.74, 6) is 0. The van der Waals surface area contributed by atoms with Gasteiger partial charge < -0.3 is 4.90 Å². The van der Waals surface area contributed by atoms with Crippen LogP contribution in [0.4, 0.5) is 5.69 Å². The minimum atomic E-state index is 0.146. The Morgan fingerprint density at radius 2 is 1.94 bits per heavy atom. The van der Waals surface area contributed by atoms with Gasteiger partial charge in [0.25, 0.3) is 0 Å². The number of hydrogen-bond donors (Lipinski definition) is 0. The second-order valence-corrected chi connectivity index (χ2v) is 4.43. The van der Waals surface area contributed by atoms with E-state index in [-0.39, 0.29) is 6.04 Å². The third kappa shape index (κ3) is 1.41. The number of pyridine rings is 1. The fourth-order valence-corrected chi connectivity index (χ4v) is 2.49. The molecule has 0 amide bonds. The Morgan fingerprint density at radius 1 is 1.18 bits per heavy atom. The van der Waals surface area contributed by atoms with Crippen LogP contribution in [0.25, 0.3) is 11.3 Å². The summed E-state index contributed by atoms with van der Waals surface area (Å²) in [7, 11) is 1.99. The molecule has 0 N–H and O–H groups in total. The molecule has 17 heavy (non-hydrogen) atoms. The molecule has 0 bridgehead atoms. The number of nitrogens with zero attached hydrogens (tertiary/aromatic N) is 4. The molecule has 1 atom stereocenters. The summed E-state index contributed by atoms with van der Waals surface area (Å²) >= 11 is 6.17. The van der Waals surface area contributed by atoms with Crippen molar-refractivity contribution in [3.8, 4) is 11.3 Å². The lowest BCUT2D eigenvalue weighted by atomic mass is 9.99. The van der Waals surface area contributed by atoms with Gasteiger partial charge in [0.15, 0.2) is 5.15 Å². The molecule has 3 rings (SSSR count). The second-order valence-electron chi connectivity index (χ2n) is 4.07. The molecule has 0 radical (unpaired) electrons. The van der Waals surface area contributed by atoms with Gasteiger partial charge in [-0.2, -0.15) is 0 Å². The topological polar surface area (TPSA) is 41.9 Å². The van der Waals surface area contributed by atoms with E-state index in [0.717, 1.165) is 22.6 Å². The molecule has 2 aromatic rings. The lowest BCUT2D eigenvalue weighted by Crippen LogP contribution is -2.28. The van der Waals surface area contributed by atoms with Crippen molar-refractivity contribution in [2.45, 2.75) is 13.0 Å². The van der Waals surface area contributed by atoms with Gasteiger partial charge in [0.2, 0.25) is 0 Å². The van der Waals surface area contributed by atoms with Crippen molar-refractivity contribution in [2.24, 2.45) is 0 Å². The van der Waals surface area contributed by atoms with Crippen LogP contribution in [0.5, 0.6) is 0 Å². The third-order valence-corrected chi connectivity index (χ3v) is 3.47. The Balaban J connectivity index is 2.36. The van der Waals surface area contributed by atoms with E-state index in [1.54, 1.807) is 18.6 Å². The van der Waals surface area contributed by atoms with Gasteiger partial charge in [-0.3, -0.25) is 9.97 Å². The van der Waals surface area contributed by atoms with Crippen molar-refractivity contribution in [1.29, 1.82) is 0 Å². The van der Waals surface area contributed by atoms with Crippen LogP contribution in [0.15, 0.2) is 24.7 Å². The van der Waals surface area contributed by atoms with Gasteiger partial charge in [0.05, 0.1) is 23.1 Å². The molecule has 86 valence electrons. The van der Waals surface area contributed by atoms with E-state index in [9.17, 15) is 0 Å². The predicted octanol–water partition coefficient (Wildman–Crippen LogP) is 2.70. The normalized spacial score (nSPS) is 17.6. The standard InChI is InChI=1S/C12H11ClN4/c1-7-9-10(15-6-5-14-9)8-3-4-16-12(13)11(8)17(7)2/h3-7H,1-2H3. The highest BCUT2D eigenvalue weighted by molar-refractivity contribution is 6.32. The predicted molar refractivity (Wildman–Crippen MR) is 67.1 cm³/mol. The van der Waals surface area contributed by atoms with E-state index in [1.807, 2.05) is 13.1 Å². The van der Waals surface area contributed by atoms with Crippen molar-refractivity contribution in [1.82, 2.24) is 15.0 Å². The molecule has 4 nitrogen and oxygen atoms in total. The average molecular weight is 247 g/mol.